The Balaban J connectivity index is 1.63. The van der Waals surface area contributed by atoms with Crippen molar-refractivity contribution in [2.45, 2.75) is 32.3 Å². The highest BCUT2D eigenvalue weighted by molar-refractivity contribution is 5.63. The fourth-order valence-corrected chi connectivity index (χ4v) is 3.48. The van der Waals surface area contributed by atoms with Gasteiger partial charge in [0.25, 0.3) is 0 Å². The van der Waals surface area contributed by atoms with Gasteiger partial charge in [-0.1, -0.05) is 67.9 Å². The van der Waals surface area contributed by atoms with E-state index < -0.39 is 0 Å². The van der Waals surface area contributed by atoms with Crippen LogP contribution in [0.3, 0.4) is 0 Å². The van der Waals surface area contributed by atoms with Crippen molar-refractivity contribution in [2.75, 3.05) is 19.6 Å². The largest absolute Gasteiger partial charge is 0.388 e. The van der Waals surface area contributed by atoms with Gasteiger partial charge < -0.3 is 10.0 Å². The summed E-state index contributed by atoms with van der Waals surface area (Å²) in [6.45, 7) is 5.51. The molecule has 122 valence electrons. The van der Waals surface area contributed by atoms with Gasteiger partial charge in [-0.25, -0.2) is 0 Å². The van der Waals surface area contributed by atoms with Gasteiger partial charge in [-0.05, 0) is 48.5 Å². The molecule has 2 unspecified atom stereocenters. The van der Waals surface area contributed by atoms with Crippen LogP contribution in [0.15, 0.2) is 54.6 Å². The van der Waals surface area contributed by atoms with Crippen LogP contribution in [-0.2, 0) is 0 Å². The highest BCUT2D eigenvalue weighted by atomic mass is 16.3. The van der Waals surface area contributed by atoms with Crippen molar-refractivity contribution in [1.82, 2.24) is 4.90 Å². The van der Waals surface area contributed by atoms with Crippen molar-refractivity contribution in [3.05, 3.63) is 60.2 Å². The minimum absolute atomic E-state index is 0.260. The van der Waals surface area contributed by atoms with Gasteiger partial charge in [-0.15, -0.1) is 0 Å². The fraction of sp³-hybridized carbons (Fsp3) is 0.429. The Morgan fingerprint density at radius 3 is 2.13 bits per heavy atom. The molecular weight excluding hydrogens is 282 g/mol. The molecule has 0 bridgehead atoms. The highest BCUT2D eigenvalue weighted by Crippen LogP contribution is 2.26. The number of hydrogen-bond acceptors (Lipinski definition) is 2. The molecule has 1 heterocycles. The van der Waals surface area contributed by atoms with E-state index in [4.69, 9.17) is 0 Å². The molecule has 2 heteroatoms. The molecule has 0 spiro atoms. The van der Waals surface area contributed by atoms with Crippen LogP contribution in [0.1, 0.15) is 37.9 Å². The molecular formula is C21H27NO. The van der Waals surface area contributed by atoms with Crippen molar-refractivity contribution in [2.24, 2.45) is 5.92 Å². The summed E-state index contributed by atoms with van der Waals surface area (Å²) in [5.74, 6) is 0.260. The summed E-state index contributed by atoms with van der Waals surface area (Å²) in [6, 6.07) is 18.7. The van der Waals surface area contributed by atoms with E-state index in [0.717, 1.165) is 12.1 Å². The van der Waals surface area contributed by atoms with Crippen molar-refractivity contribution >= 4 is 0 Å². The molecule has 0 radical (unpaired) electrons. The number of likely N-dealkylation sites (tertiary alicyclic amines) is 1. The van der Waals surface area contributed by atoms with Crippen LogP contribution >= 0.6 is 0 Å². The number of rotatable bonds is 5. The monoisotopic (exact) mass is 309 g/mol. The Morgan fingerprint density at radius 1 is 0.870 bits per heavy atom. The topological polar surface area (TPSA) is 23.5 Å². The van der Waals surface area contributed by atoms with E-state index in [1.807, 2.05) is 6.07 Å². The van der Waals surface area contributed by atoms with Gasteiger partial charge in [0.15, 0.2) is 0 Å². The normalized spacial score (nSPS) is 18.5. The van der Waals surface area contributed by atoms with Gasteiger partial charge in [0.05, 0.1) is 6.10 Å². The minimum Gasteiger partial charge on any atom is -0.388 e. The van der Waals surface area contributed by atoms with Crippen LogP contribution in [0, 0.1) is 5.92 Å². The number of aliphatic hydroxyl groups is 1. The Bertz CT molecular complexity index is 587. The van der Waals surface area contributed by atoms with E-state index in [0.29, 0.717) is 0 Å². The fourth-order valence-electron chi connectivity index (χ4n) is 3.48. The second-order valence-electron chi connectivity index (χ2n) is 6.77. The molecule has 1 aliphatic rings. The highest BCUT2D eigenvalue weighted by Gasteiger charge is 2.20. The molecule has 2 aromatic rings. The summed E-state index contributed by atoms with van der Waals surface area (Å²) in [7, 11) is 0. The van der Waals surface area contributed by atoms with Crippen molar-refractivity contribution in [3.8, 4) is 11.1 Å². The van der Waals surface area contributed by atoms with E-state index in [1.54, 1.807) is 0 Å². The molecule has 0 saturated carbocycles. The molecule has 0 amide bonds. The summed E-state index contributed by atoms with van der Waals surface area (Å²) >= 11 is 0. The first kappa shape index (κ1) is 16.2. The number of nitrogens with zero attached hydrogens (tertiary/aromatic N) is 1. The Morgan fingerprint density at radius 2 is 1.48 bits per heavy atom. The van der Waals surface area contributed by atoms with Gasteiger partial charge in [-0.2, -0.15) is 0 Å². The van der Waals surface area contributed by atoms with E-state index in [9.17, 15) is 5.11 Å². The molecule has 2 atom stereocenters. The van der Waals surface area contributed by atoms with Crippen LogP contribution in [0.25, 0.3) is 11.1 Å². The molecule has 0 aliphatic carbocycles. The molecule has 1 saturated heterocycles. The molecule has 3 rings (SSSR count). The van der Waals surface area contributed by atoms with Gasteiger partial charge in [0.2, 0.25) is 0 Å². The van der Waals surface area contributed by atoms with E-state index in [1.165, 1.54) is 43.5 Å². The van der Waals surface area contributed by atoms with Crippen LogP contribution in [0.4, 0.5) is 0 Å². The second-order valence-corrected chi connectivity index (χ2v) is 6.77. The zero-order chi connectivity index (χ0) is 16.1. The lowest BCUT2D eigenvalue weighted by molar-refractivity contribution is 0.0820. The summed E-state index contributed by atoms with van der Waals surface area (Å²) in [6.07, 6.45) is 3.57. The quantitative estimate of drug-likeness (QED) is 0.878. The average molecular weight is 309 g/mol. The second kappa shape index (κ2) is 7.76. The van der Waals surface area contributed by atoms with E-state index in [-0.39, 0.29) is 12.0 Å². The standard InChI is InChI=1S/C21H27NO/c1-17(16-22-14-6-3-7-15-22)21(23)20-12-10-19(11-13-20)18-8-4-2-5-9-18/h2,4-5,8-13,17,21,23H,3,6-7,14-16H2,1H3. The molecule has 0 aromatic heterocycles. The summed E-state index contributed by atoms with van der Waals surface area (Å²) in [5.41, 5.74) is 3.44. The summed E-state index contributed by atoms with van der Waals surface area (Å²) in [5, 5.41) is 10.7. The SMILES string of the molecule is CC(CN1CCCCC1)C(O)c1ccc(-c2ccccc2)cc1. The van der Waals surface area contributed by atoms with Crippen molar-refractivity contribution < 1.29 is 5.11 Å². The lowest BCUT2D eigenvalue weighted by atomic mass is 9.94. The number of hydrogen-bond donors (Lipinski definition) is 1. The number of aliphatic hydroxyl groups excluding tert-OH is 1. The number of piperidine rings is 1. The van der Waals surface area contributed by atoms with Crippen LogP contribution in [0.2, 0.25) is 0 Å². The third kappa shape index (κ3) is 4.21. The van der Waals surface area contributed by atoms with Gasteiger partial charge in [-0.3, -0.25) is 0 Å². The van der Waals surface area contributed by atoms with Crippen LogP contribution in [-0.4, -0.2) is 29.6 Å². The first-order valence-electron chi connectivity index (χ1n) is 8.80. The molecule has 1 fully saturated rings. The minimum atomic E-state index is -0.387. The van der Waals surface area contributed by atoms with E-state index in [2.05, 4.69) is 60.4 Å². The first-order valence-corrected chi connectivity index (χ1v) is 8.80. The van der Waals surface area contributed by atoms with Crippen molar-refractivity contribution in [3.63, 3.8) is 0 Å². The van der Waals surface area contributed by atoms with Crippen LogP contribution in [0.5, 0.6) is 0 Å². The predicted octanol–water partition coefficient (Wildman–Crippen LogP) is 4.51. The lowest BCUT2D eigenvalue weighted by Crippen LogP contribution is -2.35. The zero-order valence-corrected chi connectivity index (χ0v) is 14.0. The first-order chi connectivity index (χ1) is 11.2. The average Bonchev–Trinajstić information content (AvgIpc) is 2.63. The molecule has 2 aromatic carbocycles. The Hall–Kier alpha value is -1.64. The molecule has 1 N–H and O–H groups in total. The Labute approximate surface area is 139 Å². The smallest absolute Gasteiger partial charge is 0.0827 e. The Kier molecular flexibility index (Phi) is 5.47. The summed E-state index contributed by atoms with van der Waals surface area (Å²) < 4.78 is 0. The van der Waals surface area contributed by atoms with Gasteiger partial charge in [0.1, 0.15) is 0 Å². The predicted molar refractivity (Wildman–Crippen MR) is 96.3 cm³/mol. The molecule has 1 aliphatic heterocycles. The van der Waals surface area contributed by atoms with Gasteiger partial charge >= 0.3 is 0 Å². The maximum absolute atomic E-state index is 10.7. The summed E-state index contributed by atoms with van der Waals surface area (Å²) in [4.78, 5) is 2.50. The third-order valence-electron chi connectivity index (χ3n) is 4.89. The third-order valence-corrected chi connectivity index (χ3v) is 4.89. The lowest BCUT2D eigenvalue weighted by Gasteiger charge is -2.31. The van der Waals surface area contributed by atoms with Gasteiger partial charge in [0, 0.05) is 6.54 Å². The maximum atomic E-state index is 10.7. The number of benzene rings is 2. The maximum Gasteiger partial charge on any atom is 0.0827 e. The van der Waals surface area contributed by atoms with E-state index >= 15 is 0 Å². The van der Waals surface area contributed by atoms with Crippen molar-refractivity contribution in [1.29, 1.82) is 0 Å². The van der Waals surface area contributed by atoms with Crippen LogP contribution < -0.4 is 0 Å². The zero-order valence-electron chi connectivity index (χ0n) is 14.0. The molecule has 2 nitrogen and oxygen atoms in total. The molecule has 23 heavy (non-hydrogen) atoms.